The number of anilines is 1. The van der Waals surface area contributed by atoms with Crippen LogP contribution in [0.5, 0.6) is 0 Å². The number of aromatic nitrogens is 1. The van der Waals surface area contributed by atoms with Gasteiger partial charge in [-0.2, -0.15) is 0 Å². The van der Waals surface area contributed by atoms with Gasteiger partial charge < -0.3 is 14.9 Å². The van der Waals surface area contributed by atoms with Gasteiger partial charge in [0.1, 0.15) is 5.76 Å². The molecule has 0 unspecified atom stereocenters. The van der Waals surface area contributed by atoms with Crippen LogP contribution in [0.2, 0.25) is 0 Å². The van der Waals surface area contributed by atoms with Gasteiger partial charge in [0.05, 0.1) is 11.1 Å². The second kappa shape index (κ2) is 6.86. The minimum atomic E-state index is -0.966. The fourth-order valence-electron chi connectivity index (χ4n) is 2.41. The molecule has 0 saturated heterocycles. The molecule has 24 heavy (non-hydrogen) atoms. The predicted octanol–water partition coefficient (Wildman–Crippen LogP) is 3.22. The van der Waals surface area contributed by atoms with Crippen LogP contribution in [0.25, 0.3) is 0 Å². The number of hydrogen-bond donors (Lipinski definition) is 2. The molecule has 0 spiro atoms. The molecule has 0 aliphatic heterocycles. The Morgan fingerprint density at radius 1 is 1.21 bits per heavy atom. The summed E-state index contributed by atoms with van der Waals surface area (Å²) in [6.45, 7) is 6.97. The van der Waals surface area contributed by atoms with Crippen molar-refractivity contribution >= 4 is 17.6 Å². The SMILES string of the molecule is Cc1noc(C)c1CCC(=O)Nc1ccc(C(C)(C)C(=O)O)cc1. The van der Waals surface area contributed by atoms with E-state index in [2.05, 4.69) is 10.5 Å². The van der Waals surface area contributed by atoms with E-state index in [-0.39, 0.29) is 5.91 Å². The molecule has 0 bridgehead atoms. The second-order valence-corrected chi connectivity index (χ2v) is 6.36. The summed E-state index contributed by atoms with van der Waals surface area (Å²) in [4.78, 5) is 23.3. The smallest absolute Gasteiger partial charge is 0.313 e. The minimum Gasteiger partial charge on any atom is -0.481 e. The third-order valence-corrected chi connectivity index (χ3v) is 4.21. The second-order valence-electron chi connectivity index (χ2n) is 6.36. The van der Waals surface area contributed by atoms with Crippen molar-refractivity contribution in [1.29, 1.82) is 0 Å². The molecule has 0 atom stereocenters. The van der Waals surface area contributed by atoms with E-state index in [0.717, 1.165) is 17.0 Å². The summed E-state index contributed by atoms with van der Waals surface area (Å²) in [7, 11) is 0. The van der Waals surface area contributed by atoms with Crippen LogP contribution >= 0.6 is 0 Å². The lowest BCUT2D eigenvalue weighted by Crippen LogP contribution is -2.28. The molecule has 1 aromatic carbocycles. The van der Waals surface area contributed by atoms with Gasteiger partial charge in [-0.15, -0.1) is 0 Å². The maximum Gasteiger partial charge on any atom is 0.313 e. The van der Waals surface area contributed by atoms with Crippen molar-refractivity contribution < 1.29 is 19.2 Å². The van der Waals surface area contributed by atoms with Crippen molar-refractivity contribution in [1.82, 2.24) is 5.16 Å². The van der Waals surface area contributed by atoms with E-state index in [1.807, 2.05) is 13.8 Å². The van der Waals surface area contributed by atoms with Gasteiger partial charge in [0, 0.05) is 17.7 Å². The third kappa shape index (κ3) is 3.82. The summed E-state index contributed by atoms with van der Waals surface area (Å²) in [6.07, 6.45) is 0.891. The quantitative estimate of drug-likeness (QED) is 0.848. The summed E-state index contributed by atoms with van der Waals surface area (Å²) in [5.41, 5.74) is 2.13. The lowest BCUT2D eigenvalue weighted by atomic mass is 9.85. The standard InChI is InChI=1S/C18H22N2O4/c1-11-15(12(2)24-20-11)9-10-16(21)19-14-7-5-13(6-8-14)18(3,4)17(22)23/h5-8H,9-10H2,1-4H3,(H,19,21)(H,22,23). The zero-order chi connectivity index (χ0) is 17.9. The fraction of sp³-hybridized carbons (Fsp3) is 0.389. The Labute approximate surface area is 140 Å². The van der Waals surface area contributed by atoms with E-state index < -0.39 is 11.4 Å². The van der Waals surface area contributed by atoms with Crippen molar-refractivity contribution in [3.05, 3.63) is 46.8 Å². The largest absolute Gasteiger partial charge is 0.481 e. The number of carbonyl (C=O) groups is 2. The summed E-state index contributed by atoms with van der Waals surface area (Å²) in [5.74, 6) is -0.264. The number of hydrogen-bond acceptors (Lipinski definition) is 4. The lowest BCUT2D eigenvalue weighted by Gasteiger charge is -2.19. The summed E-state index contributed by atoms with van der Waals surface area (Å²) >= 11 is 0. The highest BCUT2D eigenvalue weighted by molar-refractivity contribution is 5.91. The molecule has 0 aliphatic carbocycles. The number of aryl methyl sites for hydroxylation is 2. The number of nitrogens with zero attached hydrogens (tertiary/aromatic N) is 1. The van der Waals surface area contributed by atoms with Crippen molar-refractivity contribution in [3.8, 4) is 0 Å². The van der Waals surface area contributed by atoms with Crippen molar-refractivity contribution in [2.24, 2.45) is 0 Å². The molecule has 6 nitrogen and oxygen atoms in total. The maximum atomic E-state index is 12.1. The molecule has 6 heteroatoms. The highest BCUT2D eigenvalue weighted by Gasteiger charge is 2.29. The Kier molecular flexibility index (Phi) is 5.07. The van der Waals surface area contributed by atoms with Crippen LogP contribution in [0.4, 0.5) is 5.69 Å². The van der Waals surface area contributed by atoms with E-state index in [4.69, 9.17) is 4.52 Å². The number of carbonyl (C=O) groups excluding carboxylic acids is 1. The Hall–Kier alpha value is -2.63. The molecule has 2 rings (SSSR count). The van der Waals surface area contributed by atoms with Gasteiger partial charge in [-0.1, -0.05) is 17.3 Å². The molecule has 1 aromatic heterocycles. The number of carboxylic acids is 1. The molecule has 0 radical (unpaired) electrons. The van der Waals surface area contributed by atoms with Crippen LogP contribution < -0.4 is 5.32 Å². The van der Waals surface area contributed by atoms with Gasteiger partial charge in [0.15, 0.2) is 0 Å². The Balaban J connectivity index is 1.96. The van der Waals surface area contributed by atoms with Crippen LogP contribution in [-0.4, -0.2) is 22.1 Å². The number of benzene rings is 1. The highest BCUT2D eigenvalue weighted by Crippen LogP contribution is 2.25. The zero-order valence-electron chi connectivity index (χ0n) is 14.3. The average molecular weight is 330 g/mol. The van der Waals surface area contributed by atoms with E-state index in [1.54, 1.807) is 38.1 Å². The normalized spacial score (nSPS) is 11.3. The van der Waals surface area contributed by atoms with E-state index >= 15 is 0 Å². The molecule has 2 N–H and O–H groups in total. The predicted molar refractivity (Wildman–Crippen MR) is 90.0 cm³/mol. The van der Waals surface area contributed by atoms with Gasteiger partial charge in [-0.3, -0.25) is 9.59 Å². The Morgan fingerprint density at radius 2 is 1.83 bits per heavy atom. The van der Waals surface area contributed by atoms with Crippen molar-refractivity contribution in [3.63, 3.8) is 0 Å². The maximum absolute atomic E-state index is 12.1. The first-order valence-electron chi connectivity index (χ1n) is 7.77. The minimum absolute atomic E-state index is 0.111. The molecule has 2 aromatic rings. The Morgan fingerprint density at radius 3 is 2.33 bits per heavy atom. The average Bonchev–Trinajstić information content (AvgIpc) is 2.84. The first-order chi connectivity index (χ1) is 11.2. The molecular weight excluding hydrogens is 308 g/mol. The summed E-state index contributed by atoms with van der Waals surface area (Å²) < 4.78 is 5.08. The van der Waals surface area contributed by atoms with E-state index in [1.165, 1.54) is 0 Å². The molecule has 0 aliphatic rings. The number of carboxylic acid groups (broad SMARTS) is 1. The lowest BCUT2D eigenvalue weighted by molar-refractivity contribution is -0.142. The van der Waals surface area contributed by atoms with Gasteiger partial charge in [-0.25, -0.2) is 0 Å². The first-order valence-corrected chi connectivity index (χ1v) is 7.77. The number of aliphatic carboxylic acids is 1. The van der Waals surface area contributed by atoms with Crippen molar-refractivity contribution in [2.45, 2.75) is 46.0 Å². The topological polar surface area (TPSA) is 92.4 Å². The van der Waals surface area contributed by atoms with Gasteiger partial charge in [0.25, 0.3) is 0 Å². The van der Waals surface area contributed by atoms with Gasteiger partial charge >= 0.3 is 5.97 Å². The van der Waals surface area contributed by atoms with Crippen LogP contribution in [-0.2, 0) is 21.4 Å². The third-order valence-electron chi connectivity index (χ3n) is 4.21. The number of nitrogens with one attached hydrogen (secondary N) is 1. The molecule has 128 valence electrons. The summed E-state index contributed by atoms with van der Waals surface area (Å²) in [5, 5.41) is 15.9. The number of rotatable bonds is 6. The van der Waals surface area contributed by atoms with Crippen LogP contribution in [0, 0.1) is 13.8 Å². The van der Waals surface area contributed by atoms with Crippen LogP contribution in [0.1, 0.15) is 42.8 Å². The molecular formula is C18H22N2O4. The molecule has 0 fully saturated rings. The number of amides is 1. The fourth-order valence-corrected chi connectivity index (χ4v) is 2.41. The zero-order valence-corrected chi connectivity index (χ0v) is 14.3. The first kappa shape index (κ1) is 17.7. The summed E-state index contributed by atoms with van der Waals surface area (Å²) in [6, 6.07) is 6.87. The molecule has 1 amide bonds. The van der Waals surface area contributed by atoms with Crippen LogP contribution in [0.15, 0.2) is 28.8 Å². The monoisotopic (exact) mass is 330 g/mol. The Bertz CT molecular complexity index is 725. The van der Waals surface area contributed by atoms with Crippen molar-refractivity contribution in [2.75, 3.05) is 5.32 Å². The molecule has 0 saturated carbocycles. The molecule has 1 heterocycles. The highest BCUT2D eigenvalue weighted by atomic mass is 16.5. The van der Waals surface area contributed by atoms with Gasteiger partial charge in [-0.05, 0) is 51.8 Å². The van der Waals surface area contributed by atoms with Gasteiger partial charge in [0.2, 0.25) is 5.91 Å². The van der Waals surface area contributed by atoms with Crippen LogP contribution in [0.3, 0.4) is 0 Å². The van der Waals surface area contributed by atoms with E-state index in [9.17, 15) is 14.7 Å². The van der Waals surface area contributed by atoms with E-state index in [0.29, 0.717) is 24.1 Å².